The molecule has 0 unspecified atom stereocenters. The van der Waals surface area contributed by atoms with Gasteiger partial charge in [0.25, 0.3) is 0 Å². The zero-order valence-corrected chi connectivity index (χ0v) is 12.1. The van der Waals surface area contributed by atoms with Crippen LogP contribution >= 0.6 is 0 Å². The fourth-order valence-electron chi connectivity index (χ4n) is 1.45. The van der Waals surface area contributed by atoms with Gasteiger partial charge in [-0.15, -0.1) is 5.10 Å². The first-order valence-corrected chi connectivity index (χ1v) is 9.67. The largest absolute Gasteiger partial charge is 0.394 e. The summed E-state index contributed by atoms with van der Waals surface area (Å²) in [6, 6.07) is 2.97. The Bertz CT molecular complexity index is 559. The predicted octanol–water partition coefficient (Wildman–Crippen LogP) is 2.24. The molecule has 6 heteroatoms. The third-order valence-electron chi connectivity index (χ3n) is 2.58. The van der Waals surface area contributed by atoms with Crippen LogP contribution in [-0.4, -0.2) is 34.8 Å². The van der Waals surface area contributed by atoms with E-state index in [-0.39, 0.29) is 0 Å². The van der Waals surface area contributed by atoms with Gasteiger partial charge in [0.05, 0.1) is 0 Å². The number of rotatable bonds is 5. The molecule has 0 saturated heterocycles. The third-order valence-corrected chi connectivity index (χ3v) is 4.29. The van der Waals surface area contributed by atoms with Crippen molar-refractivity contribution in [3.63, 3.8) is 0 Å². The summed E-state index contributed by atoms with van der Waals surface area (Å²) < 4.78 is 0. The van der Waals surface area contributed by atoms with E-state index in [4.69, 9.17) is 4.84 Å². The molecule has 18 heavy (non-hydrogen) atoms. The lowest BCUT2D eigenvalue weighted by atomic mass is 10.3. The fraction of sp³-hybridized carbons (Fsp3) is 0.417. The molecule has 0 N–H and O–H groups in total. The van der Waals surface area contributed by atoms with Gasteiger partial charge >= 0.3 is 0 Å². The van der Waals surface area contributed by atoms with E-state index in [0.29, 0.717) is 12.3 Å². The van der Waals surface area contributed by atoms with Gasteiger partial charge < -0.3 is 4.84 Å². The number of hydrogen-bond donors (Lipinski definition) is 0. The van der Waals surface area contributed by atoms with E-state index in [1.54, 1.807) is 12.3 Å². The van der Waals surface area contributed by atoms with Crippen molar-refractivity contribution in [3.05, 3.63) is 24.4 Å². The normalized spacial score (nSPS) is 11.7. The Balaban J connectivity index is 2.12. The second kappa shape index (κ2) is 4.89. The molecule has 2 aromatic heterocycles. The molecule has 0 saturated carbocycles. The second-order valence-electron chi connectivity index (χ2n) is 5.42. The Morgan fingerprint density at radius 1 is 1.44 bits per heavy atom. The van der Waals surface area contributed by atoms with E-state index >= 15 is 0 Å². The molecule has 2 heterocycles. The predicted molar refractivity (Wildman–Crippen MR) is 75.0 cm³/mol. The minimum absolute atomic E-state index is 0.649. The monoisotopic (exact) mass is 262 g/mol. The molecule has 0 aliphatic heterocycles. The summed E-state index contributed by atoms with van der Waals surface area (Å²) >= 11 is 0. The van der Waals surface area contributed by atoms with Crippen LogP contribution in [0.5, 0.6) is 0 Å². The Morgan fingerprint density at radius 2 is 2.22 bits per heavy atom. The average molecular weight is 262 g/mol. The SMILES string of the molecule is C=Cc1cnc2c(c1)nnn2OCC[Si](C)(C)C. The first kappa shape index (κ1) is 12.8. The molecular formula is C12H18N4OSi. The van der Waals surface area contributed by atoms with Gasteiger partial charge in [-0.05, 0) is 22.9 Å². The van der Waals surface area contributed by atoms with E-state index in [2.05, 4.69) is 41.5 Å². The number of aromatic nitrogens is 4. The lowest BCUT2D eigenvalue weighted by molar-refractivity contribution is 0.0960. The van der Waals surface area contributed by atoms with Gasteiger partial charge in [-0.3, -0.25) is 0 Å². The lowest BCUT2D eigenvalue weighted by Crippen LogP contribution is -2.25. The van der Waals surface area contributed by atoms with E-state index in [9.17, 15) is 0 Å². The van der Waals surface area contributed by atoms with Gasteiger partial charge in [-0.25, -0.2) is 4.98 Å². The summed E-state index contributed by atoms with van der Waals surface area (Å²) in [6.45, 7) is 11.3. The van der Waals surface area contributed by atoms with Crippen molar-refractivity contribution in [2.45, 2.75) is 25.7 Å². The van der Waals surface area contributed by atoms with Gasteiger partial charge in [0, 0.05) is 14.3 Å². The molecule has 2 rings (SSSR count). The van der Waals surface area contributed by atoms with Crippen molar-refractivity contribution in [1.82, 2.24) is 20.1 Å². The summed E-state index contributed by atoms with van der Waals surface area (Å²) in [7, 11) is -1.09. The third kappa shape index (κ3) is 2.95. The molecule has 0 fully saturated rings. The minimum Gasteiger partial charge on any atom is -0.394 e. The van der Waals surface area contributed by atoms with E-state index in [0.717, 1.165) is 17.1 Å². The summed E-state index contributed by atoms with van der Waals surface area (Å²) in [6.07, 6.45) is 3.47. The molecule has 0 spiro atoms. The number of hydrogen-bond acceptors (Lipinski definition) is 4. The number of fused-ring (bicyclic) bond motifs is 1. The Kier molecular flexibility index (Phi) is 3.47. The molecule has 0 aromatic carbocycles. The van der Waals surface area contributed by atoms with Crippen molar-refractivity contribution < 1.29 is 4.84 Å². The van der Waals surface area contributed by atoms with Crippen molar-refractivity contribution in [2.75, 3.05) is 6.61 Å². The summed E-state index contributed by atoms with van der Waals surface area (Å²) in [4.78, 5) is 11.3. The molecule has 0 radical (unpaired) electrons. The van der Waals surface area contributed by atoms with Gasteiger partial charge in [-0.1, -0.05) is 37.1 Å². The highest BCUT2D eigenvalue weighted by Crippen LogP contribution is 2.11. The number of nitrogens with zero attached hydrogens (tertiary/aromatic N) is 4. The summed E-state index contributed by atoms with van der Waals surface area (Å²) in [5.74, 6) is 0. The molecule has 0 atom stereocenters. The standard InChI is InChI=1S/C12H18N4OSi/c1-5-10-8-11-12(13-9-10)16(15-14-11)17-6-7-18(2,3)4/h5,8-9H,1,6-7H2,2-4H3. The van der Waals surface area contributed by atoms with Crippen LogP contribution < -0.4 is 4.84 Å². The highest BCUT2D eigenvalue weighted by molar-refractivity contribution is 6.76. The van der Waals surface area contributed by atoms with Crippen LogP contribution in [0, 0.1) is 0 Å². The van der Waals surface area contributed by atoms with Crippen LogP contribution in [0.4, 0.5) is 0 Å². The summed E-state index contributed by atoms with van der Waals surface area (Å²) in [5, 5.41) is 7.98. The van der Waals surface area contributed by atoms with Crippen molar-refractivity contribution >= 4 is 25.3 Å². The van der Waals surface area contributed by atoms with E-state index in [1.165, 1.54) is 4.85 Å². The second-order valence-corrected chi connectivity index (χ2v) is 11.0. The maximum atomic E-state index is 5.60. The fourth-order valence-corrected chi connectivity index (χ4v) is 2.15. The maximum Gasteiger partial charge on any atom is 0.219 e. The quantitative estimate of drug-likeness (QED) is 0.775. The van der Waals surface area contributed by atoms with Crippen LogP contribution in [0.2, 0.25) is 25.7 Å². The van der Waals surface area contributed by atoms with Gasteiger partial charge in [-0.2, -0.15) is 0 Å². The first-order valence-electron chi connectivity index (χ1n) is 5.97. The Morgan fingerprint density at radius 3 is 2.89 bits per heavy atom. The minimum atomic E-state index is -1.09. The van der Waals surface area contributed by atoms with Gasteiger partial charge in [0.1, 0.15) is 12.1 Å². The Hall–Kier alpha value is -1.69. The average Bonchev–Trinajstić information content (AvgIpc) is 2.70. The van der Waals surface area contributed by atoms with Crippen molar-refractivity contribution in [1.29, 1.82) is 0 Å². The van der Waals surface area contributed by atoms with Gasteiger partial charge in [0.15, 0.2) is 0 Å². The van der Waals surface area contributed by atoms with Crippen LogP contribution in [0.3, 0.4) is 0 Å². The molecule has 0 aliphatic carbocycles. The lowest BCUT2D eigenvalue weighted by Gasteiger charge is -2.15. The molecule has 5 nitrogen and oxygen atoms in total. The molecular weight excluding hydrogens is 244 g/mol. The maximum absolute atomic E-state index is 5.60. The van der Waals surface area contributed by atoms with Crippen LogP contribution in [0.1, 0.15) is 5.56 Å². The summed E-state index contributed by atoms with van der Waals surface area (Å²) in [5.41, 5.74) is 2.30. The van der Waals surface area contributed by atoms with Crippen LogP contribution in [0.25, 0.3) is 17.2 Å². The van der Waals surface area contributed by atoms with Crippen LogP contribution in [0.15, 0.2) is 18.8 Å². The smallest absolute Gasteiger partial charge is 0.219 e. The highest BCUT2D eigenvalue weighted by Gasteiger charge is 2.14. The van der Waals surface area contributed by atoms with Gasteiger partial charge in [0.2, 0.25) is 5.65 Å². The zero-order valence-electron chi connectivity index (χ0n) is 11.1. The molecule has 96 valence electrons. The molecule has 0 amide bonds. The Labute approximate surface area is 107 Å². The van der Waals surface area contributed by atoms with Crippen molar-refractivity contribution in [2.24, 2.45) is 0 Å². The number of pyridine rings is 1. The van der Waals surface area contributed by atoms with Crippen molar-refractivity contribution in [3.8, 4) is 0 Å². The van der Waals surface area contributed by atoms with E-state index in [1.807, 2.05) is 6.07 Å². The molecule has 0 bridgehead atoms. The topological polar surface area (TPSA) is 52.8 Å². The van der Waals surface area contributed by atoms with Crippen LogP contribution in [-0.2, 0) is 0 Å². The van der Waals surface area contributed by atoms with E-state index < -0.39 is 8.07 Å². The first-order chi connectivity index (χ1) is 8.49. The zero-order chi connectivity index (χ0) is 13.2. The molecule has 0 aliphatic rings. The highest BCUT2D eigenvalue weighted by atomic mass is 28.3. The molecule has 2 aromatic rings.